The first-order valence-corrected chi connectivity index (χ1v) is 8.77. The predicted octanol–water partition coefficient (Wildman–Crippen LogP) is 5.01. The number of ether oxygens (including phenoxy) is 1. The van der Waals surface area contributed by atoms with Gasteiger partial charge in [0.05, 0.1) is 6.61 Å². The Morgan fingerprint density at radius 3 is 2.48 bits per heavy atom. The van der Waals surface area contributed by atoms with Crippen LogP contribution in [0, 0.1) is 0 Å². The van der Waals surface area contributed by atoms with Crippen molar-refractivity contribution in [1.82, 2.24) is 0 Å². The summed E-state index contributed by atoms with van der Waals surface area (Å²) in [5, 5.41) is 0.769. The molecule has 2 rings (SSSR count). The Balaban J connectivity index is 2.16. The molecule has 1 aromatic rings. The van der Waals surface area contributed by atoms with Gasteiger partial charge in [-0.1, -0.05) is 43.0 Å². The fourth-order valence-corrected chi connectivity index (χ4v) is 3.72. The van der Waals surface area contributed by atoms with E-state index in [4.69, 9.17) is 16.3 Å². The van der Waals surface area contributed by atoms with E-state index >= 15 is 0 Å². The lowest BCUT2D eigenvalue weighted by atomic mass is 9.83. The molecule has 1 unspecified atom stereocenters. The van der Waals surface area contributed by atoms with Gasteiger partial charge in [0.1, 0.15) is 5.78 Å². The van der Waals surface area contributed by atoms with Crippen LogP contribution in [0.1, 0.15) is 75.3 Å². The highest BCUT2D eigenvalue weighted by atomic mass is 35.5. The summed E-state index contributed by atoms with van der Waals surface area (Å²) in [6.45, 7) is 3.15. The quantitative estimate of drug-likeness (QED) is 0.685. The summed E-state index contributed by atoms with van der Waals surface area (Å²) in [7, 11) is 0. The number of halogens is 1. The Morgan fingerprint density at radius 1 is 1.22 bits per heavy atom. The minimum Gasteiger partial charge on any atom is -0.465 e. The third-order valence-corrected chi connectivity index (χ3v) is 4.89. The maximum atomic E-state index is 11.5. The highest BCUT2D eigenvalue weighted by Gasteiger charge is 2.21. The normalized spacial score (nSPS) is 16.8. The first-order chi connectivity index (χ1) is 11.0. The number of rotatable bonds is 6. The topological polar surface area (TPSA) is 43.4 Å². The summed E-state index contributed by atoms with van der Waals surface area (Å²) in [6.07, 6.45) is 6.60. The smallest absolute Gasteiger partial charge is 0.302 e. The molecular formula is C19H25ClO3. The molecule has 1 aliphatic carbocycles. The molecule has 1 aromatic carbocycles. The van der Waals surface area contributed by atoms with Crippen molar-refractivity contribution in [3.8, 4) is 0 Å². The molecule has 1 aliphatic rings. The largest absolute Gasteiger partial charge is 0.465 e. The van der Waals surface area contributed by atoms with E-state index in [0.29, 0.717) is 12.3 Å². The summed E-state index contributed by atoms with van der Waals surface area (Å²) in [6, 6.07) is 6.07. The molecule has 23 heavy (non-hydrogen) atoms. The van der Waals surface area contributed by atoms with Gasteiger partial charge in [0.25, 0.3) is 0 Å². The highest BCUT2D eigenvalue weighted by molar-refractivity contribution is 6.31. The van der Waals surface area contributed by atoms with Crippen LogP contribution in [-0.2, 0) is 14.3 Å². The number of carbonyl (C=O) groups excluding carboxylic acids is 2. The van der Waals surface area contributed by atoms with Crippen molar-refractivity contribution in [3.63, 3.8) is 0 Å². The summed E-state index contributed by atoms with van der Waals surface area (Å²) in [5.74, 6) is 0.164. The van der Waals surface area contributed by atoms with Gasteiger partial charge < -0.3 is 9.53 Å². The number of esters is 1. The number of hydrogen-bond acceptors (Lipinski definition) is 3. The van der Waals surface area contributed by atoms with E-state index in [-0.39, 0.29) is 24.3 Å². The Morgan fingerprint density at radius 2 is 1.91 bits per heavy atom. The Labute approximate surface area is 143 Å². The van der Waals surface area contributed by atoms with Gasteiger partial charge in [-0.3, -0.25) is 4.79 Å². The number of benzene rings is 1. The molecular weight excluding hydrogens is 312 g/mol. The van der Waals surface area contributed by atoms with E-state index in [2.05, 4.69) is 6.07 Å². The van der Waals surface area contributed by atoms with Crippen LogP contribution in [0.25, 0.3) is 0 Å². The second kappa shape index (κ2) is 8.49. The lowest BCUT2D eigenvalue weighted by Crippen LogP contribution is -2.14. The standard InChI is InChI=1S/C19H25ClO3/c1-13(21)10-17(12-23-14(2)22)16-8-9-18(19(20)11-16)15-6-4-3-5-7-15/h8-9,11,15,17H,3-7,10,12H2,1-2H3. The average Bonchev–Trinajstić information content (AvgIpc) is 2.51. The zero-order valence-electron chi connectivity index (χ0n) is 13.9. The molecule has 0 saturated heterocycles. The molecule has 0 N–H and O–H groups in total. The van der Waals surface area contributed by atoms with E-state index in [1.807, 2.05) is 12.1 Å². The zero-order valence-corrected chi connectivity index (χ0v) is 14.7. The molecule has 3 nitrogen and oxygen atoms in total. The van der Waals surface area contributed by atoms with Crippen LogP contribution in [0.3, 0.4) is 0 Å². The van der Waals surface area contributed by atoms with E-state index in [1.54, 1.807) is 6.92 Å². The summed E-state index contributed by atoms with van der Waals surface area (Å²) >= 11 is 6.51. The predicted molar refractivity (Wildman–Crippen MR) is 92.0 cm³/mol. The number of hydrogen-bond donors (Lipinski definition) is 0. The second-order valence-corrected chi connectivity index (χ2v) is 6.93. The average molecular weight is 337 g/mol. The molecule has 0 aromatic heterocycles. The van der Waals surface area contributed by atoms with Crippen LogP contribution in [0.2, 0.25) is 5.02 Å². The zero-order chi connectivity index (χ0) is 16.8. The maximum absolute atomic E-state index is 11.5. The van der Waals surface area contributed by atoms with E-state index in [9.17, 15) is 9.59 Å². The van der Waals surface area contributed by atoms with Crippen molar-refractivity contribution < 1.29 is 14.3 Å². The van der Waals surface area contributed by atoms with Gasteiger partial charge in [-0.15, -0.1) is 0 Å². The molecule has 1 fully saturated rings. The van der Waals surface area contributed by atoms with Gasteiger partial charge in [-0.2, -0.15) is 0 Å². The van der Waals surface area contributed by atoms with Crippen molar-refractivity contribution in [2.45, 2.75) is 64.2 Å². The Hall–Kier alpha value is -1.35. The molecule has 0 amide bonds. The maximum Gasteiger partial charge on any atom is 0.302 e. The first-order valence-electron chi connectivity index (χ1n) is 8.39. The van der Waals surface area contributed by atoms with Gasteiger partial charge in [-0.05, 0) is 42.9 Å². The third kappa shape index (κ3) is 5.35. The highest BCUT2D eigenvalue weighted by Crippen LogP contribution is 2.37. The lowest BCUT2D eigenvalue weighted by Gasteiger charge is -2.24. The molecule has 0 spiro atoms. The lowest BCUT2D eigenvalue weighted by molar-refractivity contribution is -0.142. The van der Waals surface area contributed by atoms with Gasteiger partial charge >= 0.3 is 5.97 Å². The first kappa shape index (κ1) is 18.0. The van der Waals surface area contributed by atoms with Gasteiger partial charge in [0.2, 0.25) is 0 Å². The van der Waals surface area contributed by atoms with Crippen molar-refractivity contribution in [3.05, 3.63) is 34.3 Å². The molecule has 1 saturated carbocycles. The van der Waals surface area contributed by atoms with Crippen LogP contribution < -0.4 is 0 Å². The van der Waals surface area contributed by atoms with Crippen LogP contribution in [0.15, 0.2) is 18.2 Å². The fourth-order valence-electron chi connectivity index (χ4n) is 3.38. The van der Waals surface area contributed by atoms with E-state index < -0.39 is 0 Å². The van der Waals surface area contributed by atoms with Gasteiger partial charge in [-0.25, -0.2) is 0 Å². The Bertz CT molecular complexity index is 562. The van der Waals surface area contributed by atoms with E-state index in [0.717, 1.165) is 10.6 Å². The van der Waals surface area contributed by atoms with E-state index in [1.165, 1.54) is 44.6 Å². The summed E-state index contributed by atoms with van der Waals surface area (Å²) < 4.78 is 5.11. The monoisotopic (exact) mass is 336 g/mol. The molecule has 0 heterocycles. The molecule has 126 valence electrons. The van der Waals surface area contributed by atoms with Crippen LogP contribution in [0.4, 0.5) is 0 Å². The molecule has 0 bridgehead atoms. The second-order valence-electron chi connectivity index (χ2n) is 6.52. The van der Waals surface area contributed by atoms with Crippen molar-refractivity contribution in [2.75, 3.05) is 6.61 Å². The summed E-state index contributed by atoms with van der Waals surface area (Å²) in [4.78, 5) is 22.6. The molecule has 4 heteroatoms. The molecule has 0 aliphatic heterocycles. The van der Waals surface area contributed by atoms with Crippen molar-refractivity contribution >= 4 is 23.4 Å². The van der Waals surface area contributed by atoms with Crippen LogP contribution in [-0.4, -0.2) is 18.4 Å². The minimum atomic E-state index is -0.330. The van der Waals surface area contributed by atoms with Gasteiger partial charge in [0.15, 0.2) is 0 Å². The molecule has 1 atom stereocenters. The fraction of sp³-hybridized carbons (Fsp3) is 0.579. The van der Waals surface area contributed by atoms with Crippen molar-refractivity contribution in [2.24, 2.45) is 0 Å². The van der Waals surface area contributed by atoms with Crippen molar-refractivity contribution in [1.29, 1.82) is 0 Å². The number of Topliss-reactive ketones (excluding diaryl/α,β-unsaturated/α-hetero) is 1. The number of ketones is 1. The number of carbonyl (C=O) groups is 2. The van der Waals surface area contributed by atoms with Crippen LogP contribution in [0.5, 0.6) is 0 Å². The third-order valence-electron chi connectivity index (χ3n) is 4.56. The SMILES string of the molecule is CC(=O)CC(COC(C)=O)c1ccc(C2CCCCC2)c(Cl)c1. The van der Waals surface area contributed by atoms with Gasteiger partial charge in [0, 0.05) is 24.3 Å². The Kier molecular flexibility index (Phi) is 6.64. The molecule has 0 radical (unpaired) electrons. The summed E-state index contributed by atoms with van der Waals surface area (Å²) in [5.41, 5.74) is 2.18. The minimum absolute atomic E-state index is 0.0784. The van der Waals surface area contributed by atoms with Crippen LogP contribution >= 0.6 is 11.6 Å².